The van der Waals surface area contributed by atoms with Crippen LogP contribution in [-0.2, 0) is 11.2 Å². The van der Waals surface area contributed by atoms with Crippen molar-refractivity contribution in [1.29, 1.82) is 0 Å². The summed E-state index contributed by atoms with van der Waals surface area (Å²) in [5.41, 5.74) is 2.56. The fourth-order valence-corrected chi connectivity index (χ4v) is 4.24. The molecule has 1 aromatic carbocycles. The van der Waals surface area contributed by atoms with Gasteiger partial charge in [-0.2, -0.15) is 0 Å². The van der Waals surface area contributed by atoms with Gasteiger partial charge in [-0.05, 0) is 36.6 Å². The van der Waals surface area contributed by atoms with E-state index in [4.69, 9.17) is 4.42 Å². The number of hydrogen-bond donors (Lipinski definition) is 1. The highest BCUT2D eigenvalue weighted by Gasteiger charge is 2.32. The number of furan rings is 1. The molecule has 0 spiro atoms. The second kappa shape index (κ2) is 10.1. The van der Waals surface area contributed by atoms with E-state index in [1.165, 1.54) is 11.3 Å². The first-order valence-electron chi connectivity index (χ1n) is 10.1. The van der Waals surface area contributed by atoms with Gasteiger partial charge in [-0.25, -0.2) is 0 Å². The molecule has 2 aliphatic heterocycles. The first-order chi connectivity index (χ1) is 13.8. The molecule has 1 fully saturated rings. The van der Waals surface area contributed by atoms with Crippen molar-refractivity contribution < 1.29 is 9.21 Å². The maximum Gasteiger partial charge on any atom is 0.222 e. The quantitative estimate of drug-likeness (QED) is 0.368. The molecule has 1 atom stereocenters. The number of para-hydroxylation sites is 1. The molecule has 1 saturated heterocycles. The first kappa shape index (κ1) is 21.7. The van der Waals surface area contributed by atoms with E-state index in [0.29, 0.717) is 18.2 Å². The third-order valence-corrected chi connectivity index (χ3v) is 5.69. The van der Waals surface area contributed by atoms with Gasteiger partial charge in [-0.3, -0.25) is 9.79 Å². The number of likely N-dealkylation sites (tertiary alicyclic amines) is 1. The summed E-state index contributed by atoms with van der Waals surface area (Å²) >= 11 is 0. The van der Waals surface area contributed by atoms with E-state index in [1.54, 1.807) is 6.26 Å². The van der Waals surface area contributed by atoms with E-state index in [2.05, 4.69) is 39.5 Å². The maximum absolute atomic E-state index is 11.9. The molecule has 2 aliphatic rings. The number of halogens is 1. The lowest BCUT2D eigenvalue weighted by molar-refractivity contribution is -0.127. The van der Waals surface area contributed by atoms with E-state index in [9.17, 15) is 4.79 Å². The third kappa shape index (κ3) is 4.94. The molecular formula is C22H29IN4O2. The first-order valence-corrected chi connectivity index (χ1v) is 10.1. The Morgan fingerprint density at radius 1 is 1.28 bits per heavy atom. The maximum atomic E-state index is 11.9. The number of guanidine groups is 1. The molecule has 6 nitrogen and oxygen atoms in total. The van der Waals surface area contributed by atoms with Crippen LogP contribution in [0.2, 0.25) is 0 Å². The summed E-state index contributed by atoms with van der Waals surface area (Å²) in [6.45, 7) is 3.41. The zero-order valence-electron chi connectivity index (χ0n) is 16.8. The predicted octanol–water partition coefficient (Wildman–Crippen LogP) is 3.63. The van der Waals surface area contributed by atoms with Gasteiger partial charge in [0, 0.05) is 57.7 Å². The lowest BCUT2D eigenvalue weighted by atomic mass is 9.98. The van der Waals surface area contributed by atoms with Crippen LogP contribution in [0.1, 0.15) is 36.5 Å². The minimum Gasteiger partial charge on any atom is -0.469 e. The molecular weight excluding hydrogens is 479 g/mol. The fraction of sp³-hybridized carbons (Fsp3) is 0.455. The molecule has 2 aromatic rings. The van der Waals surface area contributed by atoms with Gasteiger partial charge < -0.3 is 19.5 Å². The molecule has 0 aliphatic carbocycles. The summed E-state index contributed by atoms with van der Waals surface area (Å²) in [6.07, 6.45) is 5.22. The van der Waals surface area contributed by atoms with Crippen LogP contribution in [-0.4, -0.2) is 50.0 Å². The second-order valence-corrected chi connectivity index (χ2v) is 7.44. The van der Waals surface area contributed by atoms with Crippen molar-refractivity contribution >= 4 is 41.5 Å². The Bertz CT molecular complexity index is 837. The molecule has 1 aromatic heterocycles. The van der Waals surface area contributed by atoms with Crippen LogP contribution < -0.4 is 10.2 Å². The molecule has 29 heavy (non-hydrogen) atoms. The number of anilines is 1. The lowest BCUT2D eigenvalue weighted by Gasteiger charge is -2.23. The number of hydrogen-bond acceptors (Lipinski definition) is 3. The Hall–Kier alpha value is -2.03. The van der Waals surface area contributed by atoms with Crippen LogP contribution in [0.5, 0.6) is 0 Å². The molecule has 156 valence electrons. The summed E-state index contributed by atoms with van der Waals surface area (Å²) < 4.78 is 5.41. The summed E-state index contributed by atoms with van der Waals surface area (Å²) in [7, 11) is 1.83. The van der Waals surface area contributed by atoms with Gasteiger partial charge in [0.25, 0.3) is 0 Å². The van der Waals surface area contributed by atoms with Crippen LogP contribution in [0.25, 0.3) is 0 Å². The standard InChI is InChI=1S/C22H28N4O2.HI/c1-23-22(24-12-10-18-6-5-15-28-18)26-16-17(19-7-2-3-8-20(19)26)11-14-25-13-4-9-21(25)27;/h2-3,5-8,15,17H,4,9-14,16H2,1H3,(H,23,24);1H. The highest BCUT2D eigenvalue weighted by Crippen LogP contribution is 2.38. The number of benzene rings is 1. The molecule has 7 heteroatoms. The second-order valence-electron chi connectivity index (χ2n) is 7.44. The van der Waals surface area contributed by atoms with Crippen LogP contribution in [0.3, 0.4) is 0 Å². The van der Waals surface area contributed by atoms with Crippen molar-refractivity contribution in [2.75, 3.05) is 38.1 Å². The van der Waals surface area contributed by atoms with Gasteiger partial charge in [-0.1, -0.05) is 18.2 Å². The average molecular weight is 508 g/mol. The molecule has 0 saturated carbocycles. The molecule has 1 unspecified atom stereocenters. The molecule has 4 rings (SSSR count). The number of amides is 1. The molecule has 1 N–H and O–H groups in total. The molecule has 0 radical (unpaired) electrons. The molecule has 1 amide bonds. The van der Waals surface area contributed by atoms with Gasteiger partial charge in [0.15, 0.2) is 5.96 Å². The van der Waals surface area contributed by atoms with Crippen molar-refractivity contribution in [3.63, 3.8) is 0 Å². The number of carbonyl (C=O) groups is 1. The Balaban J connectivity index is 0.00000240. The van der Waals surface area contributed by atoms with E-state index < -0.39 is 0 Å². The normalized spacial score (nSPS) is 18.7. The van der Waals surface area contributed by atoms with Gasteiger partial charge in [-0.15, -0.1) is 24.0 Å². The van der Waals surface area contributed by atoms with Crippen LogP contribution >= 0.6 is 24.0 Å². The zero-order valence-corrected chi connectivity index (χ0v) is 19.2. The SMILES string of the molecule is CN=C(NCCc1ccco1)N1CC(CCN2CCCC2=O)c2ccccc21.I. The summed E-state index contributed by atoms with van der Waals surface area (Å²) in [6, 6.07) is 12.5. The number of nitrogens with zero attached hydrogens (tertiary/aromatic N) is 3. The highest BCUT2D eigenvalue weighted by atomic mass is 127. The predicted molar refractivity (Wildman–Crippen MR) is 126 cm³/mol. The molecule has 3 heterocycles. The average Bonchev–Trinajstić information content (AvgIpc) is 3.45. The highest BCUT2D eigenvalue weighted by molar-refractivity contribution is 14.0. The lowest BCUT2D eigenvalue weighted by Crippen LogP contribution is -2.42. The van der Waals surface area contributed by atoms with Gasteiger partial charge >= 0.3 is 0 Å². The Morgan fingerprint density at radius 2 is 2.14 bits per heavy atom. The van der Waals surface area contributed by atoms with Gasteiger partial charge in [0.05, 0.1) is 6.26 Å². The Kier molecular flexibility index (Phi) is 7.57. The zero-order chi connectivity index (χ0) is 19.3. The van der Waals surface area contributed by atoms with E-state index in [-0.39, 0.29) is 24.0 Å². The third-order valence-electron chi connectivity index (χ3n) is 5.69. The fourth-order valence-electron chi connectivity index (χ4n) is 4.24. The molecule has 0 bridgehead atoms. The number of aliphatic imine (C=N–C) groups is 1. The van der Waals surface area contributed by atoms with Crippen molar-refractivity contribution in [2.24, 2.45) is 4.99 Å². The largest absolute Gasteiger partial charge is 0.469 e. The van der Waals surface area contributed by atoms with Crippen LogP contribution in [0, 0.1) is 0 Å². The topological polar surface area (TPSA) is 61.1 Å². The van der Waals surface area contributed by atoms with Crippen LogP contribution in [0.15, 0.2) is 52.1 Å². The number of fused-ring (bicyclic) bond motifs is 1. The minimum atomic E-state index is 0. The van der Waals surface area contributed by atoms with Gasteiger partial charge in [0.1, 0.15) is 5.76 Å². The Labute approximate surface area is 189 Å². The Morgan fingerprint density at radius 3 is 2.86 bits per heavy atom. The van der Waals surface area contributed by atoms with E-state index in [1.807, 2.05) is 24.1 Å². The van der Waals surface area contributed by atoms with Crippen molar-refractivity contribution in [3.8, 4) is 0 Å². The monoisotopic (exact) mass is 508 g/mol. The van der Waals surface area contributed by atoms with Crippen LogP contribution in [0.4, 0.5) is 5.69 Å². The summed E-state index contributed by atoms with van der Waals surface area (Å²) in [5.74, 6) is 2.57. The van der Waals surface area contributed by atoms with Crippen molar-refractivity contribution in [3.05, 3.63) is 54.0 Å². The number of nitrogens with one attached hydrogen (secondary N) is 1. The van der Waals surface area contributed by atoms with E-state index >= 15 is 0 Å². The summed E-state index contributed by atoms with van der Waals surface area (Å²) in [5, 5.41) is 3.47. The number of carbonyl (C=O) groups excluding carboxylic acids is 1. The summed E-state index contributed by atoms with van der Waals surface area (Å²) in [4.78, 5) is 20.7. The minimum absolute atomic E-state index is 0. The van der Waals surface area contributed by atoms with Crippen molar-refractivity contribution in [2.45, 2.75) is 31.6 Å². The van der Waals surface area contributed by atoms with Crippen molar-refractivity contribution in [1.82, 2.24) is 10.2 Å². The van der Waals surface area contributed by atoms with Gasteiger partial charge in [0.2, 0.25) is 5.91 Å². The number of rotatable bonds is 6. The smallest absolute Gasteiger partial charge is 0.222 e. The van der Waals surface area contributed by atoms with E-state index in [0.717, 1.165) is 57.2 Å².